The molecule has 0 N–H and O–H groups in total. The highest BCUT2D eigenvalue weighted by molar-refractivity contribution is 5.54. The molecule has 68 valence electrons. The molecular formula is C12H10N2. The van der Waals surface area contributed by atoms with Gasteiger partial charge in [-0.2, -0.15) is 5.26 Å². The predicted octanol–water partition coefficient (Wildman–Crippen LogP) is 2.47. The molecule has 2 heteroatoms. The van der Waals surface area contributed by atoms with Crippen LogP contribution in [-0.2, 0) is 0 Å². The lowest BCUT2D eigenvalue weighted by Gasteiger charge is -2.25. The van der Waals surface area contributed by atoms with Gasteiger partial charge in [0.1, 0.15) is 6.04 Å². The molecule has 1 aliphatic rings. The number of benzene rings is 1. The van der Waals surface area contributed by atoms with E-state index < -0.39 is 0 Å². The minimum absolute atomic E-state index is 0.192. The quantitative estimate of drug-likeness (QED) is 0.667. The number of nitrogens with zero attached hydrogens (tertiary/aromatic N) is 2. The van der Waals surface area contributed by atoms with Crippen LogP contribution in [0.25, 0.3) is 0 Å². The van der Waals surface area contributed by atoms with E-state index in [1.807, 2.05) is 59.7 Å². The molecular weight excluding hydrogens is 172 g/mol. The Hall–Kier alpha value is -2.01. The summed E-state index contributed by atoms with van der Waals surface area (Å²) in [5.41, 5.74) is 1.04. The zero-order valence-corrected chi connectivity index (χ0v) is 7.67. The maximum Gasteiger partial charge on any atom is 0.139 e. The summed E-state index contributed by atoms with van der Waals surface area (Å²) < 4.78 is 0. The Balaban J connectivity index is 2.31. The Morgan fingerprint density at radius 3 is 2.64 bits per heavy atom. The average Bonchev–Trinajstić information content (AvgIpc) is 2.30. The van der Waals surface area contributed by atoms with E-state index in [9.17, 15) is 0 Å². The van der Waals surface area contributed by atoms with Crippen LogP contribution in [0.15, 0.2) is 54.8 Å². The fourth-order valence-electron chi connectivity index (χ4n) is 1.45. The summed E-state index contributed by atoms with van der Waals surface area (Å²) >= 11 is 0. The van der Waals surface area contributed by atoms with Gasteiger partial charge in [-0.3, -0.25) is 0 Å². The minimum Gasteiger partial charge on any atom is -0.328 e. The monoisotopic (exact) mass is 182 g/mol. The third kappa shape index (κ3) is 1.53. The average molecular weight is 182 g/mol. The van der Waals surface area contributed by atoms with Crippen molar-refractivity contribution in [2.75, 3.05) is 4.90 Å². The van der Waals surface area contributed by atoms with E-state index in [-0.39, 0.29) is 6.04 Å². The summed E-state index contributed by atoms with van der Waals surface area (Å²) in [7, 11) is 0. The van der Waals surface area contributed by atoms with Crippen LogP contribution < -0.4 is 4.90 Å². The maximum absolute atomic E-state index is 8.95. The van der Waals surface area contributed by atoms with E-state index in [0.717, 1.165) is 5.69 Å². The smallest absolute Gasteiger partial charge is 0.139 e. The molecule has 0 fully saturated rings. The SMILES string of the molecule is N#CC1C=CC=CN1c1ccccc1. The zero-order chi connectivity index (χ0) is 9.80. The lowest BCUT2D eigenvalue weighted by Crippen LogP contribution is -2.28. The number of allylic oxidation sites excluding steroid dienone is 2. The van der Waals surface area contributed by atoms with Gasteiger partial charge in [-0.25, -0.2) is 0 Å². The molecule has 1 aromatic carbocycles. The molecule has 0 saturated carbocycles. The largest absolute Gasteiger partial charge is 0.328 e. The second-order valence-electron chi connectivity index (χ2n) is 3.04. The molecule has 1 unspecified atom stereocenters. The van der Waals surface area contributed by atoms with Crippen molar-refractivity contribution in [1.82, 2.24) is 0 Å². The van der Waals surface area contributed by atoms with E-state index in [2.05, 4.69) is 6.07 Å². The van der Waals surface area contributed by atoms with Gasteiger partial charge >= 0.3 is 0 Å². The summed E-state index contributed by atoms with van der Waals surface area (Å²) in [4.78, 5) is 1.94. The number of para-hydroxylation sites is 1. The molecule has 1 aliphatic heterocycles. The van der Waals surface area contributed by atoms with Gasteiger partial charge in [-0.05, 0) is 24.3 Å². The van der Waals surface area contributed by atoms with Crippen LogP contribution in [-0.4, -0.2) is 6.04 Å². The van der Waals surface area contributed by atoms with Crippen molar-refractivity contribution in [2.45, 2.75) is 6.04 Å². The molecule has 0 saturated heterocycles. The highest BCUT2D eigenvalue weighted by atomic mass is 15.1. The van der Waals surface area contributed by atoms with Gasteiger partial charge < -0.3 is 4.90 Å². The van der Waals surface area contributed by atoms with Crippen LogP contribution in [0, 0.1) is 11.3 Å². The summed E-state index contributed by atoms with van der Waals surface area (Å²) in [6.07, 6.45) is 7.63. The fourth-order valence-corrected chi connectivity index (χ4v) is 1.45. The molecule has 0 spiro atoms. The predicted molar refractivity (Wildman–Crippen MR) is 56.6 cm³/mol. The third-order valence-electron chi connectivity index (χ3n) is 2.14. The first-order valence-corrected chi connectivity index (χ1v) is 4.50. The molecule has 14 heavy (non-hydrogen) atoms. The third-order valence-corrected chi connectivity index (χ3v) is 2.14. The summed E-state index contributed by atoms with van der Waals surface area (Å²) in [6.45, 7) is 0. The Labute approximate surface area is 83.4 Å². The number of nitriles is 1. The van der Waals surface area contributed by atoms with Gasteiger partial charge in [0, 0.05) is 11.9 Å². The van der Waals surface area contributed by atoms with E-state index in [1.165, 1.54) is 0 Å². The Morgan fingerprint density at radius 2 is 1.93 bits per heavy atom. The van der Waals surface area contributed by atoms with Crippen molar-refractivity contribution >= 4 is 5.69 Å². The summed E-state index contributed by atoms with van der Waals surface area (Å²) in [5.74, 6) is 0. The summed E-state index contributed by atoms with van der Waals surface area (Å²) in [6, 6.07) is 11.9. The Kier molecular flexibility index (Phi) is 2.33. The maximum atomic E-state index is 8.95. The van der Waals surface area contributed by atoms with E-state index in [0.29, 0.717) is 0 Å². The van der Waals surface area contributed by atoms with Gasteiger partial charge in [-0.1, -0.05) is 24.3 Å². The highest BCUT2D eigenvalue weighted by Crippen LogP contribution is 2.19. The molecule has 2 nitrogen and oxygen atoms in total. The van der Waals surface area contributed by atoms with Crippen molar-refractivity contribution in [3.63, 3.8) is 0 Å². The second kappa shape index (κ2) is 3.80. The Bertz CT molecular complexity index is 398. The molecule has 1 heterocycles. The number of rotatable bonds is 1. The fraction of sp³-hybridized carbons (Fsp3) is 0.0833. The van der Waals surface area contributed by atoms with Crippen LogP contribution in [0.4, 0.5) is 5.69 Å². The van der Waals surface area contributed by atoms with E-state index in [4.69, 9.17) is 5.26 Å². The van der Waals surface area contributed by atoms with Crippen molar-refractivity contribution in [2.24, 2.45) is 0 Å². The van der Waals surface area contributed by atoms with Crippen molar-refractivity contribution in [1.29, 1.82) is 5.26 Å². The van der Waals surface area contributed by atoms with Gasteiger partial charge in [-0.15, -0.1) is 0 Å². The van der Waals surface area contributed by atoms with Crippen LogP contribution >= 0.6 is 0 Å². The van der Waals surface area contributed by atoms with Gasteiger partial charge in [0.05, 0.1) is 6.07 Å². The zero-order valence-electron chi connectivity index (χ0n) is 7.67. The second-order valence-corrected chi connectivity index (χ2v) is 3.04. The Morgan fingerprint density at radius 1 is 1.14 bits per heavy atom. The van der Waals surface area contributed by atoms with E-state index in [1.54, 1.807) is 0 Å². The van der Waals surface area contributed by atoms with Gasteiger partial charge in [0.2, 0.25) is 0 Å². The van der Waals surface area contributed by atoms with Crippen LogP contribution in [0.5, 0.6) is 0 Å². The van der Waals surface area contributed by atoms with Crippen LogP contribution in [0.1, 0.15) is 0 Å². The normalized spacial score (nSPS) is 19.4. The first kappa shape index (κ1) is 8.58. The molecule has 1 atom stereocenters. The van der Waals surface area contributed by atoms with Gasteiger partial charge in [0.25, 0.3) is 0 Å². The van der Waals surface area contributed by atoms with Crippen molar-refractivity contribution < 1.29 is 0 Å². The number of hydrogen-bond donors (Lipinski definition) is 0. The molecule has 1 aromatic rings. The van der Waals surface area contributed by atoms with E-state index >= 15 is 0 Å². The highest BCUT2D eigenvalue weighted by Gasteiger charge is 2.14. The molecule has 0 radical (unpaired) electrons. The first-order valence-electron chi connectivity index (χ1n) is 4.50. The first-order chi connectivity index (χ1) is 6.92. The standard InChI is InChI=1S/C12H10N2/c13-10-12-8-4-5-9-14(12)11-6-2-1-3-7-11/h1-9,12H. The van der Waals surface area contributed by atoms with Crippen LogP contribution in [0.3, 0.4) is 0 Å². The lowest BCUT2D eigenvalue weighted by molar-refractivity contribution is 0.935. The topological polar surface area (TPSA) is 27.0 Å². The number of hydrogen-bond acceptors (Lipinski definition) is 2. The molecule has 0 aliphatic carbocycles. The molecule has 0 bridgehead atoms. The lowest BCUT2D eigenvalue weighted by atomic mass is 10.2. The van der Waals surface area contributed by atoms with Gasteiger partial charge in [0.15, 0.2) is 0 Å². The van der Waals surface area contributed by atoms with Crippen molar-refractivity contribution in [3.8, 4) is 6.07 Å². The molecule has 0 amide bonds. The minimum atomic E-state index is -0.192. The molecule has 2 rings (SSSR count). The molecule has 0 aromatic heterocycles. The summed E-state index contributed by atoms with van der Waals surface area (Å²) in [5, 5.41) is 8.95. The van der Waals surface area contributed by atoms with Crippen LogP contribution in [0.2, 0.25) is 0 Å². The number of anilines is 1. The van der Waals surface area contributed by atoms with Crippen molar-refractivity contribution in [3.05, 3.63) is 54.8 Å².